The van der Waals surface area contributed by atoms with Gasteiger partial charge in [-0.3, -0.25) is 9.59 Å². The lowest BCUT2D eigenvalue weighted by molar-refractivity contribution is -0.125. The molecule has 1 atom stereocenters. The van der Waals surface area contributed by atoms with Crippen LogP contribution >= 0.6 is 12.4 Å². The van der Waals surface area contributed by atoms with Gasteiger partial charge in [0, 0.05) is 5.69 Å². The Kier molecular flexibility index (Phi) is 8.11. The maximum absolute atomic E-state index is 12.1. The molecule has 134 valence electrons. The molecule has 2 rings (SSSR count). The van der Waals surface area contributed by atoms with Crippen LogP contribution in [0.2, 0.25) is 0 Å². The summed E-state index contributed by atoms with van der Waals surface area (Å²) in [4.78, 5) is 24.0. The highest BCUT2D eigenvalue weighted by Gasteiger charge is 2.16. The van der Waals surface area contributed by atoms with Gasteiger partial charge in [-0.25, -0.2) is 0 Å². The zero-order valence-electron chi connectivity index (χ0n) is 14.4. The standard InChI is InChI=1S/C19H23N3O2.ClH/c1-3-14-5-4-6-16(11-14)22-17(23)12-21-19(24)18(20)15-9-7-13(2)8-10-15;/h4-11,18H,3,12,20H2,1-2H3,(H,21,24)(H,22,23);1H. The lowest BCUT2D eigenvalue weighted by Gasteiger charge is -2.13. The summed E-state index contributed by atoms with van der Waals surface area (Å²) in [7, 11) is 0. The zero-order valence-corrected chi connectivity index (χ0v) is 15.2. The van der Waals surface area contributed by atoms with E-state index in [0.717, 1.165) is 23.2 Å². The summed E-state index contributed by atoms with van der Waals surface area (Å²) in [5.74, 6) is -0.663. The molecular weight excluding hydrogens is 338 g/mol. The summed E-state index contributed by atoms with van der Waals surface area (Å²) in [6, 6.07) is 14.3. The van der Waals surface area contributed by atoms with E-state index >= 15 is 0 Å². The minimum absolute atomic E-state index is 0. The molecule has 4 N–H and O–H groups in total. The third-order valence-electron chi connectivity index (χ3n) is 3.76. The van der Waals surface area contributed by atoms with Gasteiger partial charge in [0.15, 0.2) is 0 Å². The Balaban J connectivity index is 0.00000312. The van der Waals surface area contributed by atoms with Gasteiger partial charge < -0.3 is 16.4 Å². The van der Waals surface area contributed by atoms with Gasteiger partial charge in [-0.05, 0) is 36.6 Å². The molecule has 0 fully saturated rings. The second kappa shape index (κ2) is 9.81. The predicted octanol–water partition coefficient (Wildman–Crippen LogP) is 2.73. The number of hydrogen-bond acceptors (Lipinski definition) is 3. The maximum Gasteiger partial charge on any atom is 0.243 e. The van der Waals surface area contributed by atoms with Gasteiger partial charge in [0.1, 0.15) is 6.04 Å². The molecule has 0 aliphatic rings. The topological polar surface area (TPSA) is 84.2 Å². The third kappa shape index (κ3) is 6.21. The van der Waals surface area contributed by atoms with Gasteiger partial charge in [-0.1, -0.05) is 48.9 Å². The fourth-order valence-electron chi connectivity index (χ4n) is 2.28. The Labute approximate surface area is 154 Å². The molecule has 0 bridgehead atoms. The quantitative estimate of drug-likeness (QED) is 0.739. The number of rotatable bonds is 6. The number of carbonyl (C=O) groups excluding carboxylic acids is 2. The minimum atomic E-state index is -0.790. The van der Waals surface area contributed by atoms with E-state index in [1.54, 1.807) is 0 Å². The molecule has 0 saturated heterocycles. The van der Waals surface area contributed by atoms with Crippen molar-refractivity contribution in [3.8, 4) is 0 Å². The first-order chi connectivity index (χ1) is 11.5. The van der Waals surface area contributed by atoms with Crippen molar-refractivity contribution in [3.05, 3.63) is 65.2 Å². The van der Waals surface area contributed by atoms with Gasteiger partial charge in [0.05, 0.1) is 6.54 Å². The van der Waals surface area contributed by atoms with Crippen molar-refractivity contribution >= 4 is 29.9 Å². The van der Waals surface area contributed by atoms with E-state index in [9.17, 15) is 9.59 Å². The van der Waals surface area contributed by atoms with Crippen molar-refractivity contribution in [2.75, 3.05) is 11.9 Å². The van der Waals surface area contributed by atoms with Crippen molar-refractivity contribution < 1.29 is 9.59 Å². The monoisotopic (exact) mass is 361 g/mol. The average molecular weight is 362 g/mol. The van der Waals surface area contributed by atoms with Crippen molar-refractivity contribution in [1.29, 1.82) is 0 Å². The van der Waals surface area contributed by atoms with E-state index in [-0.39, 0.29) is 30.8 Å². The SMILES string of the molecule is CCc1cccc(NC(=O)CNC(=O)C(N)c2ccc(C)cc2)c1.Cl. The molecule has 0 spiro atoms. The van der Waals surface area contributed by atoms with Crippen LogP contribution in [0.1, 0.15) is 29.7 Å². The van der Waals surface area contributed by atoms with E-state index in [1.807, 2.05) is 62.4 Å². The number of amides is 2. The number of halogens is 1. The highest BCUT2D eigenvalue weighted by Crippen LogP contribution is 2.12. The second-order valence-corrected chi connectivity index (χ2v) is 5.71. The van der Waals surface area contributed by atoms with Crippen molar-refractivity contribution in [2.24, 2.45) is 5.73 Å². The molecule has 0 heterocycles. The third-order valence-corrected chi connectivity index (χ3v) is 3.76. The molecule has 2 aromatic carbocycles. The van der Waals surface area contributed by atoms with E-state index in [1.165, 1.54) is 0 Å². The van der Waals surface area contributed by atoms with Gasteiger partial charge in [0.2, 0.25) is 11.8 Å². The Morgan fingerprint density at radius 1 is 1.12 bits per heavy atom. The summed E-state index contributed by atoms with van der Waals surface area (Å²) in [6.45, 7) is 3.90. The van der Waals surface area contributed by atoms with Crippen LogP contribution in [-0.2, 0) is 16.0 Å². The van der Waals surface area contributed by atoms with Gasteiger partial charge >= 0.3 is 0 Å². The smallest absolute Gasteiger partial charge is 0.243 e. The van der Waals surface area contributed by atoms with Crippen LogP contribution in [0.4, 0.5) is 5.69 Å². The van der Waals surface area contributed by atoms with Crippen LogP contribution in [-0.4, -0.2) is 18.4 Å². The van der Waals surface area contributed by atoms with E-state index in [4.69, 9.17) is 5.73 Å². The maximum atomic E-state index is 12.1. The molecule has 1 unspecified atom stereocenters. The predicted molar refractivity (Wildman–Crippen MR) is 103 cm³/mol. The van der Waals surface area contributed by atoms with Gasteiger partial charge in [0.25, 0.3) is 0 Å². The normalized spacial score (nSPS) is 11.2. The van der Waals surface area contributed by atoms with E-state index in [2.05, 4.69) is 10.6 Å². The molecule has 25 heavy (non-hydrogen) atoms. The molecular formula is C19H24ClN3O2. The van der Waals surface area contributed by atoms with E-state index in [0.29, 0.717) is 5.56 Å². The summed E-state index contributed by atoms with van der Waals surface area (Å²) in [6.07, 6.45) is 0.895. The van der Waals surface area contributed by atoms with Gasteiger partial charge in [-0.15, -0.1) is 12.4 Å². The Morgan fingerprint density at radius 2 is 1.80 bits per heavy atom. The number of hydrogen-bond donors (Lipinski definition) is 3. The molecule has 5 nitrogen and oxygen atoms in total. The Morgan fingerprint density at radius 3 is 2.44 bits per heavy atom. The second-order valence-electron chi connectivity index (χ2n) is 5.71. The first-order valence-corrected chi connectivity index (χ1v) is 7.98. The highest BCUT2D eigenvalue weighted by atomic mass is 35.5. The lowest BCUT2D eigenvalue weighted by Crippen LogP contribution is -2.38. The molecule has 2 aromatic rings. The minimum Gasteiger partial charge on any atom is -0.345 e. The van der Waals surface area contributed by atoms with Crippen LogP contribution < -0.4 is 16.4 Å². The summed E-state index contributed by atoms with van der Waals surface area (Å²) >= 11 is 0. The fourth-order valence-corrected chi connectivity index (χ4v) is 2.28. The Hall–Kier alpha value is -2.37. The molecule has 0 aliphatic heterocycles. The van der Waals surface area contributed by atoms with Crippen LogP contribution in [0.25, 0.3) is 0 Å². The molecule has 0 aromatic heterocycles. The molecule has 0 radical (unpaired) electrons. The zero-order chi connectivity index (χ0) is 17.5. The van der Waals surface area contributed by atoms with Gasteiger partial charge in [-0.2, -0.15) is 0 Å². The molecule has 2 amide bonds. The van der Waals surface area contributed by atoms with E-state index < -0.39 is 6.04 Å². The first kappa shape index (κ1) is 20.7. The number of nitrogens with one attached hydrogen (secondary N) is 2. The average Bonchev–Trinajstić information content (AvgIpc) is 2.60. The molecule has 0 saturated carbocycles. The number of aryl methyl sites for hydroxylation is 2. The number of benzene rings is 2. The number of anilines is 1. The van der Waals surface area contributed by atoms with Crippen molar-refractivity contribution in [3.63, 3.8) is 0 Å². The lowest BCUT2D eigenvalue weighted by atomic mass is 10.1. The fraction of sp³-hybridized carbons (Fsp3) is 0.263. The summed E-state index contributed by atoms with van der Waals surface area (Å²) in [5.41, 5.74) is 9.59. The Bertz CT molecular complexity index is 717. The van der Waals surface area contributed by atoms with Crippen LogP contribution in [0, 0.1) is 6.92 Å². The van der Waals surface area contributed by atoms with Crippen molar-refractivity contribution in [1.82, 2.24) is 5.32 Å². The number of nitrogens with two attached hydrogens (primary N) is 1. The van der Waals surface area contributed by atoms with Crippen LogP contribution in [0.3, 0.4) is 0 Å². The number of carbonyl (C=O) groups is 2. The summed E-state index contributed by atoms with van der Waals surface area (Å²) < 4.78 is 0. The molecule has 6 heteroatoms. The summed E-state index contributed by atoms with van der Waals surface area (Å²) in [5, 5.41) is 5.33. The van der Waals surface area contributed by atoms with Crippen molar-refractivity contribution in [2.45, 2.75) is 26.3 Å². The van der Waals surface area contributed by atoms with Crippen LogP contribution in [0.15, 0.2) is 48.5 Å². The highest BCUT2D eigenvalue weighted by molar-refractivity contribution is 5.95. The first-order valence-electron chi connectivity index (χ1n) is 7.98. The molecule has 0 aliphatic carbocycles. The largest absolute Gasteiger partial charge is 0.345 e. The van der Waals surface area contributed by atoms with Crippen LogP contribution in [0.5, 0.6) is 0 Å².